The molecule has 0 fully saturated rings. The largest absolute Gasteiger partial charge is 0.322 e. The van der Waals surface area contributed by atoms with E-state index < -0.39 is 0 Å². The number of amides is 2. The molecule has 6 heteroatoms. The molecule has 2 amide bonds. The molecule has 0 saturated carbocycles. The fourth-order valence-corrected chi connectivity index (χ4v) is 5.41. The Morgan fingerprint density at radius 2 is 1.68 bits per heavy atom. The van der Waals surface area contributed by atoms with Crippen LogP contribution in [0.15, 0.2) is 91.1 Å². The van der Waals surface area contributed by atoms with Gasteiger partial charge in [-0.15, -0.1) is 0 Å². The maximum absolute atomic E-state index is 14.2. The van der Waals surface area contributed by atoms with Crippen LogP contribution in [0.3, 0.4) is 0 Å². The molecule has 190 valence electrons. The van der Waals surface area contributed by atoms with Crippen molar-refractivity contribution in [3.05, 3.63) is 130 Å². The number of urea groups is 1. The summed E-state index contributed by atoms with van der Waals surface area (Å²) in [5, 5.41) is 8.16. The van der Waals surface area contributed by atoms with Crippen LogP contribution in [0.2, 0.25) is 0 Å². The summed E-state index contributed by atoms with van der Waals surface area (Å²) in [5.41, 5.74) is 9.20. The molecular weight excluding hydrogens is 470 g/mol. The first-order valence-corrected chi connectivity index (χ1v) is 12.9. The summed E-state index contributed by atoms with van der Waals surface area (Å²) < 4.78 is 4.19. The lowest BCUT2D eigenvalue weighted by Crippen LogP contribution is -2.38. The maximum atomic E-state index is 14.2. The molecule has 1 N–H and O–H groups in total. The van der Waals surface area contributed by atoms with E-state index in [4.69, 9.17) is 5.10 Å². The predicted octanol–water partition coefficient (Wildman–Crippen LogP) is 7.03. The Labute approximate surface area is 223 Å². The average Bonchev–Trinajstić information content (AvgIpc) is 3.47. The molecular formula is C32H31N5O. The van der Waals surface area contributed by atoms with Gasteiger partial charge in [0.2, 0.25) is 0 Å². The quantitative estimate of drug-likeness (QED) is 0.288. The highest BCUT2D eigenvalue weighted by molar-refractivity contribution is 5.91. The van der Waals surface area contributed by atoms with Crippen LogP contribution in [-0.2, 0) is 6.54 Å². The second-order valence-electron chi connectivity index (χ2n) is 10.1. The number of nitrogens with zero attached hydrogens (tertiary/aromatic N) is 4. The number of para-hydroxylation sites is 1. The number of carbonyl (C=O) groups excluding carboxylic acids is 1. The van der Waals surface area contributed by atoms with E-state index >= 15 is 0 Å². The van der Waals surface area contributed by atoms with Crippen molar-refractivity contribution in [3.8, 4) is 11.5 Å². The maximum Gasteiger partial charge on any atom is 0.322 e. The molecule has 1 unspecified atom stereocenters. The molecule has 38 heavy (non-hydrogen) atoms. The van der Waals surface area contributed by atoms with E-state index in [2.05, 4.69) is 78.5 Å². The third-order valence-corrected chi connectivity index (χ3v) is 7.55. The van der Waals surface area contributed by atoms with Crippen molar-refractivity contribution in [2.45, 2.75) is 40.3 Å². The van der Waals surface area contributed by atoms with Crippen LogP contribution in [0.1, 0.15) is 45.2 Å². The van der Waals surface area contributed by atoms with Gasteiger partial charge in [-0.2, -0.15) is 5.10 Å². The molecule has 1 atom stereocenters. The number of benzene rings is 3. The van der Waals surface area contributed by atoms with Crippen molar-refractivity contribution in [2.24, 2.45) is 0 Å². The molecule has 0 bridgehead atoms. The van der Waals surface area contributed by atoms with E-state index in [1.165, 1.54) is 0 Å². The first-order valence-electron chi connectivity index (χ1n) is 12.9. The van der Waals surface area contributed by atoms with Gasteiger partial charge in [-0.1, -0.05) is 60.2 Å². The lowest BCUT2D eigenvalue weighted by atomic mass is 10.00. The van der Waals surface area contributed by atoms with Gasteiger partial charge in [0.15, 0.2) is 0 Å². The van der Waals surface area contributed by atoms with Crippen molar-refractivity contribution < 1.29 is 4.79 Å². The van der Waals surface area contributed by atoms with Crippen LogP contribution in [0.25, 0.3) is 11.5 Å². The summed E-state index contributed by atoms with van der Waals surface area (Å²) in [5.74, 6) is 0.966. The first-order chi connectivity index (χ1) is 18.4. The molecule has 0 radical (unpaired) electrons. The molecule has 0 spiro atoms. The van der Waals surface area contributed by atoms with Crippen LogP contribution in [0.5, 0.6) is 0 Å². The SMILES string of the molecule is Cc1cccc(C2c3cccn3-c3c(c(C)nn3-c3ccccc3)CN2C(=O)Nc2cccc(C)c2C)c1. The van der Waals surface area contributed by atoms with Crippen molar-refractivity contribution in [1.29, 1.82) is 0 Å². The van der Waals surface area contributed by atoms with Gasteiger partial charge in [-0.25, -0.2) is 9.48 Å². The highest BCUT2D eigenvalue weighted by Crippen LogP contribution is 2.39. The average molecular weight is 502 g/mol. The van der Waals surface area contributed by atoms with Crippen LogP contribution in [0, 0.1) is 27.7 Å². The zero-order valence-corrected chi connectivity index (χ0v) is 22.1. The van der Waals surface area contributed by atoms with E-state index in [9.17, 15) is 4.79 Å². The van der Waals surface area contributed by atoms with Gasteiger partial charge in [-0.05, 0) is 74.7 Å². The standard InChI is InChI=1S/C32H31N5O/c1-21-11-8-13-25(19-21)30-29-17-10-18-35(29)31-27(24(4)34-37(31)26-14-6-5-7-15-26)20-36(30)32(38)33-28-16-9-12-22(2)23(28)3/h5-19,30H,20H2,1-4H3,(H,33,38). The summed E-state index contributed by atoms with van der Waals surface area (Å²) in [6, 6.07) is 28.3. The minimum Gasteiger partial charge on any atom is -0.308 e. The predicted molar refractivity (Wildman–Crippen MR) is 151 cm³/mol. The second kappa shape index (κ2) is 9.38. The lowest BCUT2D eigenvalue weighted by Gasteiger charge is -2.31. The van der Waals surface area contributed by atoms with E-state index in [1.54, 1.807) is 0 Å². The number of fused-ring (bicyclic) bond motifs is 3. The molecule has 2 aromatic heterocycles. The Hall–Kier alpha value is -4.58. The van der Waals surface area contributed by atoms with Crippen molar-refractivity contribution in [1.82, 2.24) is 19.2 Å². The van der Waals surface area contributed by atoms with E-state index in [-0.39, 0.29) is 12.1 Å². The zero-order valence-electron chi connectivity index (χ0n) is 22.1. The molecule has 6 rings (SSSR count). The van der Waals surface area contributed by atoms with Gasteiger partial charge < -0.3 is 14.8 Å². The van der Waals surface area contributed by atoms with Gasteiger partial charge in [-0.3, -0.25) is 0 Å². The number of hydrogen-bond donors (Lipinski definition) is 1. The second-order valence-corrected chi connectivity index (χ2v) is 10.1. The summed E-state index contributed by atoms with van der Waals surface area (Å²) in [6.45, 7) is 8.64. The Balaban J connectivity index is 1.54. The number of hydrogen-bond acceptors (Lipinski definition) is 2. The molecule has 3 heterocycles. The minimum atomic E-state index is -0.286. The normalized spacial score (nSPS) is 14.5. The fourth-order valence-electron chi connectivity index (χ4n) is 5.41. The molecule has 3 aromatic carbocycles. The number of aromatic nitrogens is 3. The molecule has 0 saturated heterocycles. The minimum absolute atomic E-state index is 0.141. The molecule has 1 aliphatic heterocycles. The zero-order chi connectivity index (χ0) is 26.4. The van der Waals surface area contributed by atoms with E-state index in [0.29, 0.717) is 6.54 Å². The summed E-state index contributed by atoms with van der Waals surface area (Å²) >= 11 is 0. The van der Waals surface area contributed by atoms with Crippen LogP contribution >= 0.6 is 0 Å². The smallest absolute Gasteiger partial charge is 0.308 e. The van der Waals surface area contributed by atoms with Crippen molar-refractivity contribution in [2.75, 3.05) is 5.32 Å². The Bertz CT molecular complexity index is 1650. The van der Waals surface area contributed by atoms with Gasteiger partial charge >= 0.3 is 6.03 Å². The topological polar surface area (TPSA) is 55.1 Å². The lowest BCUT2D eigenvalue weighted by molar-refractivity contribution is 0.194. The Morgan fingerprint density at radius 1 is 0.895 bits per heavy atom. The first kappa shape index (κ1) is 23.8. The van der Waals surface area contributed by atoms with Crippen molar-refractivity contribution in [3.63, 3.8) is 0 Å². The molecule has 5 aromatic rings. The third-order valence-electron chi connectivity index (χ3n) is 7.55. The third kappa shape index (κ3) is 3.98. The fraction of sp³-hybridized carbons (Fsp3) is 0.188. The molecule has 6 nitrogen and oxygen atoms in total. The van der Waals surface area contributed by atoms with Crippen LogP contribution in [0.4, 0.5) is 10.5 Å². The summed E-state index contributed by atoms with van der Waals surface area (Å²) in [6.07, 6.45) is 2.07. The number of carbonyl (C=O) groups is 1. The van der Waals surface area contributed by atoms with Gasteiger partial charge in [0.25, 0.3) is 0 Å². The number of rotatable bonds is 3. The molecule has 1 aliphatic rings. The summed E-state index contributed by atoms with van der Waals surface area (Å²) in [7, 11) is 0. The number of anilines is 1. The highest BCUT2D eigenvalue weighted by Gasteiger charge is 2.36. The highest BCUT2D eigenvalue weighted by atomic mass is 16.2. The summed E-state index contributed by atoms with van der Waals surface area (Å²) in [4.78, 5) is 16.1. The Morgan fingerprint density at radius 3 is 2.47 bits per heavy atom. The Kier molecular flexibility index (Phi) is 5.87. The van der Waals surface area contributed by atoms with Gasteiger partial charge in [0.05, 0.1) is 29.7 Å². The van der Waals surface area contributed by atoms with E-state index in [1.807, 2.05) is 59.8 Å². The monoisotopic (exact) mass is 501 g/mol. The van der Waals surface area contributed by atoms with E-state index in [0.717, 1.165) is 56.4 Å². The van der Waals surface area contributed by atoms with Crippen LogP contribution in [-0.4, -0.2) is 25.3 Å². The van der Waals surface area contributed by atoms with Crippen LogP contribution < -0.4 is 5.32 Å². The van der Waals surface area contributed by atoms with Gasteiger partial charge in [0.1, 0.15) is 5.82 Å². The number of nitrogens with one attached hydrogen (secondary N) is 1. The number of aryl methyl sites for hydroxylation is 3. The van der Waals surface area contributed by atoms with Gasteiger partial charge in [0, 0.05) is 17.4 Å². The molecule has 0 aliphatic carbocycles. The van der Waals surface area contributed by atoms with Crippen molar-refractivity contribution >= 4 is 11.7 Å².